The summed E-state index contributed by atoms with van der Waals surface area (Å²) in [5.74, 6) is 0.689. The van der Waals surface area contributed by atoms with E-state index < -0.39 is 0 Å². The van der Waals surface area contributed by atoms with Gasteiger partial charge in [-0.3, -0.25) is 0 Å². The summed E-state index contributed by atoms with van der Waals surface area (Å²) in [6, 6.07) is 16.7. The molecule has 110 valence electrons. The van der Waals surface area contributed by atoms with Crippen LogP contribution in [0.5, 0.6) is 5.75 Å². The van der Waals surface area contributed by atoms with Gasteiger partial charge in [-0.1, -0.05) is 48.0 Å². The van der Waals surface area contributed by atoms with E-state index >= 15 is 0 Å². The Hall–Kier alpha value is -2.20. The van der Waals surface area contributed by atoms with Crippen molar-refractivity contribution in [3.05, 3.63) is 65.2 Å². The third-order valence-electron chi connectivity index (χ3n) is 2.75. The van der Waals surface area contributed by atoms with Crippen molar-refractivity contribution in [3.8, 4) is 5.75 Å². The average molecular weight is 305 g/mol. The lowest BCUT2D eigenvalue weighted by atomic mass is 10.2. The molecule has 2 N–H and O–H groups in total. The first-order valence-corrected chi connectivity index (χ1v) is 7.06. The van der Waals surface area contributed by atoms with Crippen molar-refractivity contribution in [1.82, 2.24) is 10.6 Å². The molecule has 2 aromatic rings. The molecule has 0 saturated heterocycles. The lowest BCUT2D eigenvalue weighted by Gasteiger charge is -2.09. The van der Waals surface area contributed by atoms with E-state index in [0.29, 0.717) is 30.5 Å². The van der Waals surface area contributed by atoms with E-state index in [-0.39, 0.29) is 6.03 Å². The van der Waals surface area contributed by atoms with E-state index in [1.165, 1.54) is 0 Å². The van der Waals surface area contributed by atoms with Crippen molar-refractivity contribution in [1.29, 1.82) is 0 Å². The molecule has 0 heterocycles. The van der Waals surface area contributed by atoms with E-state index in [4.69, 9.17) is 16.3 Å². The zero-order chi connectivity index (χ0) is 14.9. The minimum atomic E-state index is -0.214. The summed E-state index contributed by atoms with van der Waals surface area (Å²) in [5.41, 5.74) is 1.06. The van der Waals surface area contributed by atoms with Gasteiger partial charge in [0.1, 0.15) is 12.4 Å². The van der Waals surface area contributed by atoms with E-state index in [1.54, 1.807) is 12.1 Å². The number of carbonyl (C=O) groups is 1. The summed E-state index contributed by atoms with van der Waals surface area (Å²) in [5, 5.41) is 6.14. The predicted molar refractivity (Wildman–Crippen MR) is 83.6 cm³/mol. The molecule has 0 atom stereocenters. The number of benzene rings is 2. The standard InChI is InChI=1S/C16H17ClN2O2/c17-14-7-4-8-15(11-14)21-10-9-18-16(20)19-12-13-5-2-1-3-6-13/h1-8,11H,9-10,12H2,(H2,18,19,20). The van der Waals surface area contributed by atoms with Crippen molar-refractivity contribution in [2.75, 3.05) is 13.2 Å². The molecule has 0 bridgehead atoms. The highest BCUT2D eigenvalue weighted by molar-refractivity contribution is 6.30. The normalized spacial score (nSPS) is 9.95. The summed E-state index contributed by atoms with van der Waals surface area (Å²) in [7, 11) is 0. The molecule has 2 aromatic carbocycles. The van der Waals surface area contributed by atoms with Crippen LogP contribution in [0.2, 0.25) is 5.02 Å². The lowest BCUT2D eigenvalue weighted by Crippen LogP contribution is -2.37. The Morgan fingerprint density at radius 1 is 1.05 bits per heavy atom. The van der Waals surface area contributed by atoms with Crippen LogP contribution in [0.3, 0.4) is 0 Å². The number of urea groups is 1. The van der Waals surface area contributed by atoms with Crippen molar-refractivity contribution in [2.24, 2.45) is 0 Å². The van der Waals surface area contributed by atoms with Crippen LogP contribution >= 0.6 is 11.6 Å². The second kappa shape index (κ2) is 8.17. The highest BCUT2D eigenvalue weighted by Gasteiger charge is 2.00. The molecule has 0 saturated carbocycles. The number of hydrogen-bond donors (Lipinski definition) is 2. The molecule has 0 aromatic heterocycles. The van der Waals surface area contributed by atoms with Crippen molar-refractivity contribution in [3.63, 3.8) is 0 Å². The molecule has 21 heavy (non-hydrogen) atoms. The van der Waals surface area contributed by atoms with Crippen LogP contribution in [0.25, 0.3) is 0 Å². The molecule has 0 radical (unpaired) electrons. The lowest BCUT2D eigenvalue weighted by molar-refractivity contribution is 0.236. The van der Waals surface area contributed by atoms with Crippen molar-refractivity contribution in [2.45, 2.75) is 6.54 Å². The fraction of sp³-hybridized carbons (Fsp3) is 0.188. The highest BCUT2D eigenvalue weighted by Crippen LogP contribution is 2.16. The molecule has 2 amide bonds. The first-order valence-electron chi connectivity index (χ1n) is 6.68. The smallest absolute Gasteiger partial charge is 0.315 e. The fourth-order valence-corrected chi connectivity index (χ4v) is 1.91. The fourth-order valence-electron chi connectivity index (χ4n) is 1.73. The second-order valence-corrected chi connectivity index (χ2v) is 4.84. The molecule has 0 aliphatic carbocycles. The van der Waals surface area contributed by atoms with Crippen LogP contribution in [-0.2, 0) is 6.54 Å². The monoisotopic (exact) mass is 304 g/mol. The van der Waals surface area contributed by atoms with Crippen LogP contribution in [0.1, 0.15) is 5.56 Å². The molecule has 0 unspecified atom stereocenters. The van der Waals surface area contributed by atoms with Crippen LogP contribution in [0, 0.1) is 0 Å². The minimum Gasteiger partial charge on any atom is -0.492 e. The molecule has 0 aliphatic heterocycles. The summed E-state index contributed by atoms with van der Waals surface area (Å²) in [4.78, 5) is 11.6. The SMILES string of the molecule is O=C(NCCOc1cccc(Cl)c1)NCc1ccccc1. The topological polar surface area (TPSA) is 50.4 Å². The van der Waals surface area contributed by atoms with Gasteiger partial charge in [0.15, 0.2) is 0 Å². The van der Waals surface area contributed by atoms with Crippen molar-refractivity contribution >= 4 is 17.6 Å². The van der Waals surface area contributed by atoms with E-state index in [9.17, 15) is 4.79 Å². The van der Waals surface area contributed by atoms with Gasteiger partial charge >= 0.3 is 6.03 Å². The van der Waals surface area contributed by atoms with Crippen LogP contribution < -0.4 is 15.4 Å². The maximum Gasteiger partial charge on any atom is 0.315 e. The molecule has 0 aliphatic rings. The molecule has 5 heteroatoms. The van der Waals surface area contributed by atoms with E-state index in [1.807, 2.05) is 42.5 Å². The summed E-state index contributed by atoms with van der Waals surface area (Å²) >= 11 is 5.85. The first kappa shape index (κ1) is 15.2. The van der Waals surface area contributed by atoms with E-state index in [0.717, 1.165) is 5.56 Å². The Kier molecular flexibility index (Phi) is 5.91. The number of carbonyl (C=O) groups excluding carboxylic acids is 1. The Labute approximate surface area is 129 Å². The molecule has 0 spiro atoms. The molecular formula is C16H17ClN2O2. The van der Waals surface area contributed by atoms with Gasteiger partial charge in [0.25, 0.3) is 0 Å². The third-order valence-corrected chi connectivity index (χ3v) is 2.98. The van der Waals surface area contributed by atoms with Gasteiger partial charge < -0.3 is 15.4 Å². The number of halogens is 1. The van der Waals surface area contributed by atoms with E-state index in [2.05, 4.69) is 10.6 Å². The summed E-state index contributed by atoms with van der Waals surface area (Å²) in [6.45, 7) is 1.31. The Bertz CT molecular complexity index is 575. The second-order valence-electron chi connectivity index (χ2n) is 4.40. The number of ether oxygens (including phenoxy) is 1. The van der Waals surface area contributed by atoms with Gasteiger partial charge in [0.2, 0.25) is 0 Å². The number of rotatable bonds is 6. The number of hydrogen-bond acceptors (Lipinski definition) is 2. The van der Waals surface area contributed by atoms with Gasteiger partial charge in [-0.05, 0) is 23.8 Å². The van der Waals surface area contributed by atoms with Gasteiger partial charge in [0.05, 0.1) is 6.54 Å². The van der Waals surface area contributed by atoms with Gasteiger partial charge in [-0.2, -0.15) is 0 Å². The Morgan fingerprint density at radius 2 is 1.86 bits per heavy atom. The predicted octanol–water partition coefficient (Wildman–Crippen LogP) is 3.22. The average Bonchev–Trinajstić information content (AvgIpc) is 2.51. The van der Waals surface area contributed by atoms with Gasteiger partial charge in [0, 0.05) is 11.6 Å². The maximum atomic E-state index is 11.6. The summed E-state index contributed by atoms with van der Waals surface area (Å²) in [6.07, 6.45) is 0. The van der Waals surface area contributed by atoms with Crippen LogP contribution in [0.15, 0.2) is 54.6 Å². The molecule has 4 nitrogen and oxygen atoms in total. The molecule has 2 rings (SSSR count). The van der Waals surface area contributed by atoms with Gasteiger partial charge in [-0.15, -0.1) is 0 Å². The quantitative estimate of drug-likeness (QED) is 0.805. The highest BCUT2D eigenvalue weighted by atomic mass is 35.5. The molecular weight excluding hydrogens is 288 g/mol. The largest absolute Gasteiger partial charge is 0.492 e. The Morgan fingerprint density at radius 3 is 2.62 bits per heavy atom. The number of amides is 2. The number of nitrogens with one attached hydrogen (secondary N) is 2. The Balaban J connectivity index is 1.61. The van der Waals surface area contributed by atoms with Crippen molar-refractivity contribution < 1.29 is 9.53 Å². The molecule has 0 fully saturated rings. The zero-order valence-corrected chi connectivity index (χ0v) is 12.3. The maximum absolute atomic E-state index is 11.6. The van der Waals surface area contributed by atoms with Crippen LogP contribution in [-0.4, -0.2) is 19.2 Å². The third kappa shape index (κ3) is 5.75. The van der Waals surface area contributed by atoms with Crippen LogP contribution in [0.4, 0.5) is 4.79 Å². The first-order chi connectivity index (χ1) is 10.2. The minimum absolute atomic E-state index is 0.214. The van der Waals surface area contributed by atoms with Gasteiger partial charge in [-0.25, -0.2) is 4.79 Å². The zero-order valence-electron chi connectivity index (χ0n) is 11.5. The summed E-state index contributed by atoms with van der Waals surface area (Å²) < 4.78 is 5.47.